The predicted octanol–water partition coefficient (Wildman–Crippen LogP) is 1.77. The summed E-state index contributed by atoms with van der Waals surface area (Å²) in [5, 5.41) is 3.32. The highest BCUT2D eigenvalue weighted by molar-refractivity contribution is 5.39. The van der Waals surface area contributed by atoms with Crippen LogP contribution in [0, 0.1) is 5.92 Å². The van der Waals surface area contributed by atoms with Crippen molar-refractivity contribution >= 4 is 0 Å². The predicted molar refractivity (Wildman–Crippen MR) is 55.7 cm³/mol. The number of rotatable bonds is 2. The van der Waals surface area contributed by atoms with E-state index in [0.29, 0.717) is 5.92 Å². The van der Waals surface area contributed by atoms with Crippen molar-refractivity contribution in [3.63, 3.8) is 0 Å². The topological polar surface area (TPSA) is 21.3 Å². The highest BCUT2D eigenvalue weighted by Crippen LogP contribution is 2.37. The zero-order chi connectivity index (χ0) is 9.38. The van der Waals surface area contributed by atoms with E-state index in [0.717, 1.165) is 18.3 Å². The summed E-state index contributed by atoms with van der Waals surface area (Å²) in [4.78, 5) is 0. The second-order valence-corrected chi connectivity index (χ2v) is 4.31. The molecule has 2 heterocycles. The van der Waals surface area contributed by atoms with E-state index >= 15 is 0 Å². The summed E-state index contributed by atoms with van der Waals surface area (Å²) in [6.45, 7) is 3.27. The number of benzene rings is 1. The van der Waals surface area contributed by atoms with E-state index in [1.807, 2.05) is 6.07 Å². The zero-order valence-corrected chi connectivity index (χ0v) is 8.20. The first-order valence-electron chi connectivity index (χ1n) is 5.36. The highest BCUT2D eigenvalue weighted by Gasteiger charge is 2.28. The molecule has 0 spiro atoms. The maximum absolute atomic E-state index is 5.66. The van der Waals surface area contributed by atoms with E-state index in [9.17, 15) is 0 Å². The molecule has 1 aromatic carbocycles. The summed E-state index contributed by atoms with van der Waals surface area (Å²) in [6, 6.07) is 8.44. The maximum atomic E-state index is 5.66. The van der Waals surface area contributed by atoms with Crippen LogP contribution in [0.1, 0.15) is 17.9 Å². The van der Waals surface area contributed by atoms with Crippen LogP contribution in [0.3, 0.4) is 0 Å². The fourth-order valence-electron chi connectivity index (χ4n) is 2.34. The monoisotopic (exact) mass is 189 g/mol. The summed E-state index contributed by atoms with van der Waals surface area (Å²) in [5.74, 6) is 2.61. The number of hydrogen-bond donors (Lipinski definition) is 1. The molecule has 0 aromatic heterocycles. The molecule has 0 amide bonds. The molecule has 1 fully saturated rings. The van der Waals surface area contributed by atoms with Crippen LogP contribution in [0.2, 0.25) is 0 Å². The third-order valence-corrected chi connectivity index (χ3v) is 3.28. The minimum Gasteiger partial charge on any atom is -0.493 e. The van der Waals surface area contributed by atoms with Crippen LogP contribution in [0.5, 0.6) is 5.75 Å². The molecule has 0 saturated carbocycles. The lowest BCUT2D eigenvalue weighted by molar-refractivity contribution is 0.266. The molecule has 14 heavy (non-hydrogen) atoms. The molecule has 2 aliphatic heterocycles. The van der Waals surface area contributed by atoms with Gasteiger partial charge in [-0.1, -0.05) is 18.2 Å². The normalized spacial score (nSPS) is 25.3. The Balaban J connectivity index is 1.76. The van der Waals surface area contributed by atoms with Gasteiger partial charge in [0.1, 0.15) is 5.75 Å². The van der Waals surface area contributed by atoms with Crippen molar-refractivity contribution in [1.82, 2.24) is 5.32 Å². The lowest BCUT2D eigenvalue weighted by Gasteiger charge is -2.29. The van der Waals surface area contributed by atoms with Crippen LogP contribution >= 0.6 is 0 Å². The van der Waals surface area contributed by atoms with Crippen LogP contribution in [0.25, 0.3) is 0 Å². The molecular formula is C12H15NO. The van der Waals surface area contributed by atoms with Gasteiger partial charge in [-0.25, -0.2) is 0 Å². The molecule has 2 nitrogen and oxygen atoms in total. The van der Waals surface area contributed by atoms with Gasteiger partial charge in [-0.05, 0) is 31.5 Å². The molecular weight excluding hydrogens is 174 g/mol. The first kappa shape index (κ1) is 8.30. The van der Waals surface area contributed by atoms with Crippen molar-refractivity contribution in [3.8, 4) is 5.75 Å². The number of fused-ring (bicyclic) bond motifs is 1. The smallest absolute Gasteiger partial charge is 0.122 e. The fourth-order valence-corrected chi connectivity index (χ4v) is 2.34. The lowest BCUT2D eigenvalue weighted by atomic mass is 9.87. The van der Waals surface area contributed by atoms with Gasteiger partial charge in [-0.3, -0.25) is 0 Å². The molecule has 0 radical (unpaired) electrons. The largest absolute Gasteiger partial charge is 0.493 e. The van der Waals surface area contributed by atoms with Crippen LogP contribution in [0.15, 0.2) is 24.3 Å². The number of ether oxygens (including phenoxy) is 1. The summed E-state index contributed by atoms with van der Waals surface area (Å²) < 4.78 is 5.66. The van der Waals surface area contributed by atoms with Crippen LogP contribution in [-0.2, 0) is 0 Å². The number of para-hydroxylation sites is 1. The van der Waals surface area contributed by atoms with Gasteiger partial charge in [0.05, 0.1) is 6.61 Å². The fraction of sp³-hybridized carbons (Fsp3) is 0.500. The summed E-state index contributed by atoms with van der Waals surface area (Å²) in [7, 11) is 0. The molecule has 0 bridgehead atoms. The van der Waals surface area contributed by atoms with Crippen molar-refractivity contribution in [2.75, 3.05) is 19.7 Å². The molecule has 1 N–H and O–H groups in total. The SMILES string of the molecule is c1ccc2c(c1)OCC2CC1CNC1. The minimum absolute atomic E-state index is 0.637. The molecule has 2 aliphatic rings. The minimum atomic E-state index is 0.637. The van der Waals surface area contributed by atoms with Crippen LogP contribution < -0.4 is 10.1 Å². The van der Waals surface area contributed by atoms with E-state index in [-0.39, 0.29) is 0 Å². The van der Waals surface area contributed by atoms with Gasteiger partial charge in [0.15, 0.2) is 0 Å². The van der Waals surface area contributed by atoms with Gasteiger partial charge >= 0.3 is 0 Å². The second-order valence-electron chi connectivity index (χ2n) is 4.31. The Kier molecular flexibility index (Phi) is 1.95. The Hall–Kier alpha value is -1.02. The quantitative estimate of drug-likeness (QED) is 0.765. The highest BCUT2D eigenvalue weighted by atomic mass is 16.5. The summed E-state index contributed by atoms with van der Waals surface area (Å²) in [6.07, 6.45) is 1.28. The van der Waals surface area contributed by atoms with Gasteiger partial charge in [-0.15, -0.1) is 0 Å². The van der Waals surface area contributed by atoms with E-state index < -0.39 is 0 Å². The third kappa shape index (κ3) is 1.30. The van der Waals surface area contributed by atoms with Gasteiger partial charge in [-0.2, -0.15) is 0 Å². The third-order valence-electron chi connectivity index (χ3n) is 3.28. The van der Waals surface area contributed by atoms with E-state index in [1.54, 1.807) is 0 Å². The average molecular weight is 189 g/mol. The second kappa shape index (κ2) is 3.28. The van der Waals surface area contributed by atoms with Crippen molar-refractivity contribution in [2.45, 2.75) is 12.3 Å². The number of nitrogens with one attached hydrogen (secondary N) is 1. The Morgan fingerprint density at radius 3 is 2.93 bits per heavy atom. The van der Waals surface area contributed by atoms with Crippen molar-refractivity contribution in [2.24, 2.45) is 5.92 Å². The molecule has 1 aromatic rings. The van der Waals surface area contributed by atoms with Gasteiger partial charge in [0, 0.05) is 11.5 Å². The average Bonchev–Trinajstić information content (AvgIpc) is 2.55. The molecule has 3 rings (SSSR count). The summed E-state index contributed by atoms with van der Waals surface area (Å²) >= 11 is 0. The molecule has 74 valence electrons. The lowest BCUT2D eigenvalue weighted by Crippen LogP contribution is -2.42. The Bertz CT molecular complexity index is 333. The first-order valence-corrected chi connectivity index (χ1v) is 5.36. The standard InChI is InChI=1S/C12H15NO/c1-2-4-12-11(3-1)10(8-14-12)5-9-6-13-7-9/h1-4,9-10,13H,5-8H2. The molecule has 1 unspecified atom stereocenters. The maximum Gasteiger partial charge on any atom is 0.122 e. The molecule has 1 atom stereocenters. The van der Waals surface area contributed by atoms with Gasteiger partial charge in [0.2, 0.25) is 0 Å². The van der Waals surface area contributed by atoms with E-state index in [2.05, 4.69) is 23.5 Å². The van der Waals surface area contributed by atoms with Crippen LogP contribution in [-0.4, -0.2) is 19.7 Å². The van der Waals surface area contributed by atoms with E-state index in [1.165, 1.54) is 25.1 Å². The number of hydrogen-bond acceptors (Lipinski definition) is 2. The summed E-state index contributed by atoms with van der Waals surface area (Å²) in [5.41, 5.74) is 1.42. The Morgan fingerprint density at radius 2 is 2.14 bits per heavy atom. The van der Waals surface area contributed by atoms with Gasteiger partial charge < -0.3 is 10.1 Å². The Morgan fingerprint density at radius 1 is 1.29 bits per heavy atom. The van der Waals surface area contributed by atoms with E-state index in [4.69, 9.17) is 4.74 Å². The van der Waals surface area contributed by atoms with Crippen molar-refractivity contribution in [3.05, 3.63) is 29.8 Å². The van der Waals surface area contributed by atoms with Crippen molar-refractivity contribution < 1.29 is 4.74 Å². The first-order chi connectivity index (χ1) is 6.93. The van der Waals surface area contributed by atoms with Crippen LogP contribution in [0.4, 0.5) is 0 Å². The van der Waals surface area contributed by atoms with Crippen molar-refractivity contribution in [1.29, 1.82) is 0 Å². The zero-order valence-electron chi connectivity index (χ0n) is 8.20. The molecule has 2 heteroatoms. The molecule has 1 saturated heterocycles. The molecule has 0 aliphatic carbocycles. The Labute approximate surface area is 84.3 Å². The van der Waals surface area contributed by atoms with Gasteiger partial charge in [0.25, 0.3) is 0 Å².